The smallest absolute Gasteiger partial charge is 0.146 e. The molecule has 2 N–H and O–H groups in total. The highest BCUT2D eigenvalue weighted by molar-refractivity contribution is 6.30. The number of nitrogens with zero attached hydrogens (tertiary/aromatic N) is 4. The van der Waals surface area contributed by atoms with Crippen LogP contribution in [0.4, 0.5) is 11.6 Å². The molecule has 3 unspecified atom stereocenters. The zero-order chi connectivity index (χ0) is 25.6. The van der Waals surface area contributed by atoms with Crippen LogP contribution in [0.5, 0.6) is 0 Å². The van der Waals surface area contributed by atoms with Gasteiger partial charge in [0.2, 0.25) is 0 Å². The van der Waals surface area contributed by atoms with E-state index < -0.39 is 0 Å². The van der Waals surface area contributed by atoms with Gasteiger partial charge in [-0.3, -0.25) is 0 Å². The van der Waals surface area contributed by atoms with Gasteiger partial charge < -0.3 is 15.3 Å². The van der Waals surface area contributed by atoms with Gasteiger partial charge in [0.25, 0.3) is 0 Å². The first kappa shape index (κ1) is 28.8. The molecule has 2 aromatic rings. The first-order valence-corrected chi connectivity index (χ1v) is 13.4. The number of rotatable bonds is 9. The minimum atomic E-state index is -0.250. The predicted octanol–water partition coefficient (Wildman–Crippen LogP) is 7.07. The molecule has 0 amide bonds. The summed E-state index contributed by atoms with van der Waals surface area (Å²) in [7, 11) is 0. The van der Waals surface area contributed by atoms with Crippen molar-refractivity contribution < 1.29 is 5.11 Å². The lowest BCUT2D eigenvalue weighted by molar-refractivity contribution is 0.182. The first-order valence-electron chi connectivity index (χ1n) is 13.0. The number of nitrogens with one attached hydrogen (secondary N) is 1. The molecule has 0 radical (unpaired) electrons. The lowest BCUT2D eigenvalue weighted by Crippen LogP contribution is -2.30. The summed E-state index contributed by atoms with van der Waals surface area (Å²) in [6.45, 7) is 11.1. The quantitative estimate of drug-likeness (QED) is 0.384. The van der Waals surface area contributed by atoms with Crippen molar-refractivity contribution in [2.45, 2.75) is 91.3 Å². The molecule has 35 heavy (non-hydrogen) atoms. The number of hydrogen-bond donors (Lipinski definition) is 2. The largest absolute Gasteiger partial charge is 0.393 e. The van der Waals surface area contributed by atoms with Crippen molar-refractivity contribution in [2.24, 2.45) is 0 Å². The van der Waals surface area contributed by atoms with Crippen molar-refractivity contribution in [2.75, 3.05) is 16.8 Å². The molecule has 0 bridgehead atoms. The van der Waals surface area contributed by atoms with Crippen LogP contribution in [0.3, 0.4) is 0 Å². The highest BCUT2D eigenvalue weighted by atomic mass is 35.5. The number of aliphatic hydroxyl groups excluding tert-OH is 1. The maximum absolute atomic E-state index is 9.91. The topological polar surface area (TPSA) is 74.2 Å². The highest BCUT2D eigenvalue weighted by Crippen LogP contribution is 2.31. The monoisotopic (exact) mass is 499 g/mol. The van der Waals surface area contributed by atoms with Crippen LogP contribution in [0.15, 0.2) is 48.8 Å². The zero-order valence-corrected chi connectivity index (χ0v) is 22.7. The maximum atomic E-state index is 9.91. The minimum Gasteiger partial charge on any atom is -0.393 e. The molecule has 1 saturated carbocycles. The van der Waals surface area contributed by atoms with Gasteiger partial charge in [0.15, 0.2) is 0 Å². The van der Waals surface area contributed by atoms with Crippen LogP contribution in [0.25, 0.3) is 0 Å². The fraction of sp³-hybridized carbons (Fsp3) is 0.536. The number of aromatic nitrogens is 3. The Morgan fingerprint density at radius 1 is 1.11 bits per heavy atom. The van der Waals surface area contributed by atoms with Gasteiger partial charge in [0, 0.05) is 23.8 Å². The molecule has 1 aliphatic rings. The Kier molecular flexibility index (Phi) is 12.8. The summed E-state index contributed by atoms with van der Waals surface area (Å²) in [6.07, 6.45) is 8.79. The van der Waals surface area contributed by atoms with Crippen LogP contribution in [-0.4, -0.2) is 38.7 Å². The summed E-state index contributed by atoms with van der Waals surface area (Å²) >= 11 is 6.34. The van der Waals surface area contributed by atoms with E-state index >= 15 is 0 Å². The Morgan fingerprint density at radius 3 is 2.57 bits per heavy atom. The molecule has 1 aromatic heterocycles. The fourth-order valence-corrected chi connectivity index (χ4v) is 4.58. The van der Waals surface area contributed by atoms with Crippen molar-refractivity contribution in [3.8, 4) is 0 Å². The number of anilines is 2. The average molecular weight is 500 g/mol. The molecule has 1 aliphatic carbocycles. The summed E-state index contributed by atoms with van der Waals surface area (Å²) in [5.41, 5.74) is 1.19. The molecule has 192 valence electrons. The molecule has 6 nitrogen and oxygen atoms in total. The van der Waals surface area contributed by atoms with Crippen molar-refractivity contribution in [3.63, 3.8) is 0 Å². The molecule has 0 saturated heterocycles. The van der Waals surface area contributed by atoms with E-state index in [0.29, 0.717) is 11.6 Å². The number of aryl methyl sites for hydroxylation is 1. The van der Waals surface area contributed by atoms with Crippen LogP contribution >= 0.6 is 11.6 Å². The second-order valence-corrected chi connectivity index (χ2v) is 9.10. The van der Waals surface area contributed by atoms with Gasteiger partial charge in [-0.2, -0.15) is 0 Å². The summed E-state index contributed by atoms with van der Waals surface area (Å²) in [5.74, 6) is 2.19. The molecular formula is C28H42ClN5O. The Morgan fingerprint density at radius 2 is 1.91 bits per heavy atom. The van der Waals surface area contributed by atoms with Gasteiger partial charge in [-0.15, -0.1) is 0 Å². The van der Waals surface area contributed by atoms with Crippen LogP contribution in [0.1, 0.15) is 83.6 Å². The average Bonchev–Trinajstić information content (AvgIpc) is 3.26. The molecule has 0 spiro atoms. The van der Waals surface area contributed by atoms with Gasteiger partial charge in [-0.1, -0.05) is 57.8 Å². The number of hydrogen-bond acceptors (Lipinski definition) is 6. The third-order valence-electron chi connectivity index (χ3n) is 5.88. The third-order valence-corrected chi connectivity index (χ3v) is 6.12. The Hall–Kier alpha value is -2.44. The van der Waals surface area contributed by atoms with E-state index in [-0.39, 0.29) is 18.2 Å². The molecule has 3 rings (SSSR count). The molecule has 0 aliphatic heterocycles. The summed E-state index contributed by atoms with van der Waals surface area (Å²) < 4.78 is 0. The number of halogens is 1. The lowest BCUT2D eigenvalue weighted by atomic mass is 10.00. The SMILES string of the molecule is CC.CCCC(c1cccc(Cl)c1)N(CCC)c1cccnc(C)nc(NC2CCC(O)C2)cn1. The van der Waals surface area contributed by atoms with E-state index in [0.717, 1.165) is 55.9 Å². The van der Waals surface area contributed by atoms with E-state index in [1.54, 1.807) is 12.4 Å². The van der Waals surface area contributed by atoms with Crippen molar-refractivity contribution in [1.29, 1.82) is 0 Å². The van der Waals surface area contributed by atoms with Gasteiger partial charge in [0.1, 0.15) is 17.5 Å². The summed E-state index contributed by atoms with van der Waals surface area (Å²) in [6, 6.07) is 12.4. The second kappa shape index (κ2) is 15.5. The summed E-state index contributed by atoms with van der Waals surface area (Å²) in [5, 5.41) is 14.1. The normalized spacial score (nSPS) is 17.6. The van der Waals surface area contributed by atoms with Crippen molar-refractivity contribution >= 4 is 23.2 Å². The lowest BCUT2D eigenvalue weighted by Gasteiger charge is -2.33. The highest BCUT2D eigenvalue weighted by Gasteiger charge is 2.23. The zero-order valence-electron chi connectivity index (χ0n) is 21.9. The molecule has 1 aromatic carbocycles. The molecule has 7 heteroatoms. The van der Waals surface area contributed by atoms with Crippen molar-refractivity contribution in [1.82, 2.24) is 15.0 Å². The molecular weight excluding hydrogens is 458 g/mol. The van der Waals surface area contributed by atoms with Gasteiger partial charge in [0.05, 0.1) is 18.3 Å². The van der Waals surface area contributed by atoms with Crippen LogP contribution < -0.4 is 10.2 Å². The first-order chi connectivity index (χ1) is 17.0. The van der Waals surface area contributed by atoms with Crippen molar-refractivity contribution in [3.05, 3.63) is 65.2 Å². The standard InChI is InChI=1S/C26H36ClN5O.C2H6/c1-4-8-24(20-9-6-10-21(27)16-20)32(15-5-2)26-11-7-14-28-19(3)30-25(18-29-26)31-22-12-13-23(33)17-22;1-2/h6-7,9-11,14,16,18,22-24,33H,4-5,8,12-13,15,17H2,1-3H3,(H,28,30,31);1-2H3. The Bertz CT molecular complexity index is 956. The van der Waals surface area contributed by atoms with Crippen LogP contribution in [0, 0.1) is 6.92 Å². The van der Waals surface area contributed by atoms with E-state index in [2.05, 4.69) is 46.2 Å². The Labute approximate surface area is 216 Å². The van der Waals surface area contributed by atoms with E-state index in [1.807, 2.05) is 45.0 Å². The van der Waals surface area contributed by atoms with Gasteiger partial charge in [-0.05, 0) is 68.9 Å². The number of benzene rings is 1. The van der Waals surface area contributed by atoms with Crippen LogP contribution in [0.2, 0.25) is 5.02 Å². The Balaban J connectivity index is 0.00000210. The van der Waals surface area contributed by atoms with Gasteiger partial charge in [-0.25, -0.2) is 15.0 Å². The molecule has 1 heterocycles. The van der Waals surface area contributed by atoms with Crippen LogP contribution in [-0.2, 0) is 0 Å². The second-order valence-electron chi connectivity index (χ2n) is 8.66. The van der Waals surface area contributed by atoms with E-state index in [9.17, 15) is 5.11 Å². The van der Waals surface area contributed by atoms with E-state index in [4.69, 9.17) is 16.6 Å². The fourth-order valence-electron chi connectivity index (χ4n) is 4.38. The predicted molar refractivity (Wildman–Crippen MR) is 148 cm³/mol. The third kappa shape index (κ3) is 9.26. The number of aliphatic hydroxyl groups is 1. The van der Waals surface area contributed by atoms with Gasteiger partial charge >= 0.3 is 0 Å². The molecule has 3 atom stereocenters. The molecule has 1 fully saturated rings. The maximum Gasteiger partial charge on any atom is 0.146 e. The summed E-state index contributed by atoms with van der Waals surface area (Å²) in [4.78, 5) is 16.3. The van der Waals surface area contributed by atoms with E-state index in [1.165, 1.54) is 5.56 Å². The minimum absolute atomic E-state index is 0.164.